The molecule has 1 rings (SSSR count). The van der Waals surface area contributed by atoms with Gasteiger partial charge in [0.15, 0.2) is 5.82 Å². The average Bonchev–Trinajstić information content (AvgIpc) is 2.74. The maximum Gasteiger partial charge on any atom is 0.323 e. The van der Waals surface area contributed by atoms with Crippen LogP contribution in [0.2, 0.25) is 0 Å². The van der Waals surface area contributed by atoms with Crippen LogP contribution >= 0.6 is 0 Å². The van der Waals surface area contributed by atoms with E-state index in [0.717, 1.165) is 0 Å². The quantitative estimate of drug-likeness (QED) is 0.717. The number of hydrogen-bond acceptors (Lipinski definition) is 4. The number of nitrogens with zero attached hydrogens (tertiary/aromatic N) is 4. The van der Waals surface area contributed by atoms with Gasteiger partial charge in [0.1, 0.15) is 12.9 Å². The maximum absolute atomic E-state index is 11.8. The van der Waals surface area contributed by atoms with Crippen LogP contribution in [0.5, 0.6) is 0 Å². The zero-order valence-electron chi connectivity index (χ0n) is 11.2. The minimum atomic E-state index is -1.02. The molecule has 1 aromatic rings. The summed E-state index contributed by atoms with van der Waals surface area (Å²) in [6.07, 6.45) is 2.81. The first-order valence-electron chi connectivity index (χ1n) is 6.12. The Balaban J connectivity index is 2.37. The number of aliphatic carboxylic acids is 1. The zero-order valence-corrected chi connectivity index (χ0v) is 11.2. The molecule has 1 heterocycles. The van der Waals surface area contributed by atoms with Gasteiger partial charge in [-0.1, -0.05) is 6.92 Å². The number of carboxylic acid groups (broad SMARTS) is 1. The third-order valence-electron chi connectivity index (χ3n) is 2.38. The second kappa shape index (κ2) is 7.34. The number of urea groups is 1. The zero-order chi connectivity index (χ0) is 14.3. The van der Waals surface area contributed by atoms with Crippen LogP contribution in [0.3, 0.4) is 0 Å². The summed E-state index contributed by atoms with van der Waals surface area (Å²) in [5, 5.41) is 15.5. The van der Waals surface area contributed by atoms with E-state index in [-0.39, 0.29) is 12.6 Å². The minimum absolute atomic E-state index is 0.290. The fraction of sp³-hybridized carbons (Fsp3) is 0.636. The molecule has 0 fully saturated rings. The van der Waals surface area contributed by atoms with Crippen molar-refractivity contribution in [3.8, 4) is 0 Å². The molecule has 1 aromatic heterocycles. The van der Waals surface area contributed by atoms with Crippen molar-refractivity contribution in [2.24, 2.45) is 7.05 Å². The number of rotatable bonds is 7. The smallest absolute Gasteiger partial charge is 0.323 e. The Morgan fingerprint density at radius 3 is 2.79 bits per heavy atom. The summed E-state index contributed by atoms with van der Waals surface area (Å²) in [7, 11) is 1.77. The van der Waals surface area contributed by atoms with Crippen molar-refractivity contribution in [1.29, 1.82) is 0 Å². The predicted octanol–water partition coefficient (Wildman–Crippen LogP) is -0.136. The summed E-state index contributed by atoms with van der Waals surface area (Å²) in [6, 6.07) is -0.375. The molecule has 0 saturated carbocycles. The summed E-state index contributed by atoms with van der Waals surface area (Å²) in [4.78, 5) is 27.7. The fourth-order valence-corrected chi connectivity index (χ4v) is 1.58. The number of carbonyl (C=O) groups is 2. The van der Waals surface area contributed by atoms with E-state index in [0.29, 0.717) is 31.8 Å². The van der Waals surface area contributed by atoms with E-state index < -0.39 is 5.97 Å². The standard InChI is InChI=1S/C11H19N5O3/c1-3-6-16(7-10(17)18)11(19)12-5-4-9-13-8-15(2)14-9/h8H,3-7H2,1-2H3,(H,12,19)(H,17,18). The second-order valence-electron chi connectivity index (χ2n) is 4.13. The van der Waals surface area contributed by atoms with Gasteiger partial charge in [-0.25, -0.2) is 9.78 Å². The van der Waals surface area contributed by atoms with Crippen molar-refractivity contribution in [2.45, 2.75) is 19.8 Å². The highest BCUT2D eigenvalue weighted by Gasteiger charge is 2.15. The molecule has 106 valence electrons. The summed E-state index contributed by atoms with van der Waals surface area (Å²) in [6.45, 7) is 2.39. The molecule has 8 heteroatoms. The van der Waals surface area contributed by atoms with Crippen LogP contribution < -0.4 is 5.32 Å². The highest BCUT2D eigenvalue weighted by Crippen LogP contribution is 1.94. The van der Waals surface area contributed by atoms with Crippen LogP contribution in [-0.4, -0.2) is 56.4 Å². The molecule has 0 aliphatic heterocycles. The molecule has 2 amide bonds. The Morgan fingerprint density at radius 2 is 2.26 bits per heavy atom. The highest BCUT2D eigenvalue weighted by atomic mass is 16.4. The van der Waals surface area contributed by atoms with E-state index in [1.165, 1.54) is 4.90 Å². The predicted molar refractivity (Wildman–Crippen MR) is 67.6 cm³/mol. The van der Waals surface area contributed by atoms with Gasteiger partial charge in [-0.05, 0) is 6.42 Å². The molecule has 8 nitrogen and oxygen atoms in total. The molecule has 19 heavy (non-hydrogen) atoms. The Bertz CT molecular complexity index is 432. The maximum atomic E-state index is 11.8. The lowest BCUT2D eigenvalue weighted by atomic mass is 10.4. The summed E-state index contributed by atoms with van der Waals surface area (Å²) >= 11 is 0. The largest absolute Gasteiger partial charge is 0.480 e. The summed E-state index contributed by atoms with van der Waals surface area (Å²) in [5.41, 5.74) is 0. The minimum Gasteiger partial charge on any atom is -0.480 e. The summed E-state index contributed by atoms with van der Waals surface area (Å²) in [5.74, 6) is -0.377. The molecule has 0 bridgehead atoms. The van der Waals surface area contributed by atoms with Crippen LogP contribution in [0.4, 0.5) is 4.79 Å². The molecule has 0 radical (unpaired) electrons. The van der Waals surface area contributed by atoms with Crippen molar-refractivity contribution < 1.29 is 14.7 Å². The lowest BCUT2D eigenvalue weighted by Gasteiger charge is -2.20. The fourth-order valence-electron chi connectivity index (χ4n) is 1.58. The number of carbonyl (C=O) groups excluding carboxylic acids is 1. The van der Waals surface area contributed by atoms with Gasteiger partial charge >= 0.3 is 12.0 Å². The Labute approximate surface area is 111 Å². The highest BCUT2D eigenvalue weighted by molar-refractivity contribution is 5.80. The van der Waals surface area contributed by atoms with Gasteiger partial charge in [0.2, 0.25) is 0 Å². The number of aryl methyl sites for hydroxylation is 1. The lowest BCUT2D eigenvalue weighted by molar-refractivity contribution is -0.137. The van der Waals surface area contributed by atoms with E-state index >= 15 is 0 Å². The van der Waals surface area contributed by atoms with Gasteiger partial charge in [0.25, 0.3) is 0 Å². The Hall–Kier alpha value is -2.12. The van der Waals surface area contributed by atoms with Crippen LogP contribution in [0.15, 0.2) is 6.33 Å². The number of amides is 2. The van der Waals surface area contributed by atoms with Crippen LogP contribution in [0, 0.1) is 0 Å². The molecule has 0 saturated heterocycles. The molecule has 0 aliphatic rings. The van der Waals surface area contributed by atoms with Crippen molar-refractivity contribution in [1.82, 2.24) is 25.0 Å². The lowest BCUT2D eigenvalue weighted by Crippen LogP contribution is -2.43. The monoisotopic (exact) mass is 269 g/mol. The van der Waals surface area contributed by atoms with E-state index in [2.05, 4.69) is 15.4 Å². The first-order chi connectivity index (χ1) is 9.02. The third-order valence-corrected chi connectivity index (χ3v) is 2.38. The van der Waals surface area contributed by atoms with Crippen molar-refractivity contribution >= 4 is 12.0 Å². The molecule has 0 aromatic carbocycles. The summed E-state index contributed by atoms with van der Waals surface area (Å²) < 4.78 is 1.59. The van der Waals surface area contributed by atoms with Gasteiger partial charge in [0.05, 0.1) is 0 Å². The van der Waals surface area contributed by atoms with Crippen LogP contribution in [0.25, 0.3) is 0 Å². The molecule has 0 spiro atoms. The topological polar surface area (TPSA) is 100 Å². The van der Waals surface area contributed by atoms with Crippen molar-refractivity contribution in [2.75, 3.05) is 19.6 Å². The first-order valence-corrected chi connectivity index (χ1v) is 6.12. The van der Waals surface area contributed by atoms with Gasteiger partial charge in [-0.15, -0.1) is 0 Å². The second-order valence-corrected chi connectivity index (χ2v) is 4.13. The van der Waals surface area contributed by atoms with Crippen LogP contribution in [0.1, 0.15) is 19.2 Å². The van der Waals surface area contributed by atoms with Gasteiger partial charge in [0, 0.05) is 26.6 Å². The van der Waals surface area contributed by atoms with E-state index in [4.69, 9.17) is 5.11 Å². The average molecular weight is 269 g/mol. The normalized spacial score (nSPS) is 10.2. The SMILES string of the molecule is CCCN(CC(=O)O)C(=O)NCCc1ncn(C)n1. The van der Waals surface area contributed by atoms with Gasteiger partial charge in [-0.3, -0.25) is 9.48 Å². The molecule has 0 unspecified atom stereocenters. The Morgan fingerprint density at radius 1 is 1.53 bits per heavy atom. The third kappa shape index (κ3) is 5.36. The first kappa shape index (κ1) is 14.9. The molecule has 0 aliphatic carbocycles. The van der Waals surface area contributed by atoms with Crippen LogP contribution in [-0.2, 0) is 18.3 Å². The van der Waals surface area contributed by atoms with E-state index in [1.807, 2.05) is 6.92 Å². The van der Waals surface area contributed by atoms with E-state index in [1.54, 1.807) is 18.1 Å². The van der Waals surface area contributed by atoms with Gasteiger partial charge in [-0.2, -0.15) is 5.10 Å². The number of aromatic nitrogens is 3. The number of carboxylic acids is 1. The van der Waals surface area contributed by atoms with Crippen molar-refractivity contribution in [3.63, 3.8) is 0 Å². The van der Waals surface area contributed by atoms with Gasteiger partial charge < -0.3 is 15.3 Å². The molecule has 2 N–H and O–H groups in total. The molecule has 0 atom stereocenters. The Kier molecular flexibility index (Phi) is 5.77. The molecular formula is C11H19N5O3. The van der Waals surface area contributed by atoms with E-state index in [9.17, 15) is 9.59 Å². The molecular weight excluding hydrogens is 250 g/mol. The number of nitrogens with one attached hydrogen (secondary N) is 1. The van der Waals surface area contributed by atoms with Crippen molar-refractivity contribution in [3.05, 3.63) is 12.2 Å². The number of hydrogen-bond donors (Lipinski definition) is 2.